The van der Waals surface area contributed by atoms with Crippen LogP contribution in [-0.2, 0) is 5.75 Å². The summed E-state index contributed by atoms with van der Waals surface area (Å²) in [7, 11) is 1.89. The van der Waals surface area contributed by atoms with Gasteiger partial charge < -0.3 is 5.32 Å². The third-order valence-electron chi connectivity index (χ3n) is 2.53. The zero-order valence-electron chi connectivity index (χ0n) is 10.1. The van der Waals surface area contributed by atoms with E-state index in [1.54, 1.807) is 0 Å². The van der Waals surface area contributed by atoms with Crippen LogP contribution < -0.4 is 5.32 Å². The summed E-state index contributed by atoms with van der Waals surface area (Å²) < 4.78 is 0. The molecular weight excluding hydrogens is 228 g/mol. The molecule has 0 bridgehead atoms. The van der Waals surface area contributed by atoms with Gasteiger partial charge >= 0.3 is 0 Å². The molecule has 1 aromatic heterocycles. The van der Waals surface area contributed by atoms with Crippen LogP contribution in [0.3, 0.4) is 0 Å². The normalized spacial score (nSPS) is 10.2. The second-order valence-corrected chi connectivity index (χ2v) is 4.84. The van der Waals surface area contributed by atoms with E-state index < -0.39 is 0 Å². The van der Waals surface area contributed by atoms with Crippen molar-refractivity contribution in [3.8, 4) is 0 Å². The fourth-order valence-corrected chi connectivity index (χ4v) is 2.50. The Morgan fingerprint density at radius 2 is 1.94 bits per heavy atom. The molecule has 17 heavy (non-hydrogen) atoms. The van der Waals surface area contributed by atoms with Gasteiger partial charge in [-0.25, -0.2) is 4.98 Å². The van der Waals surface area contributed by atoms with E-state index in [1.807, 2.05) is 30.9 Å². The second-order valence-electron chi connectivity index (χ2n) is 3.82. The number of aryl methyl sites for hydroxylation is 1. The number of thioether (sulfide) groups is 1. The number of hydrogen-bond donors (Lipinski definition) is 1. The molecule has 1 aromatic carbocycles. The van der Waals surface area contributed by atoms with E-state index in [0.29, 0.717) is 0 Å². The van der Waals surface area contributed by atoms with Gasteiger partial charge in [0.1, 0.15) is 5.82 Å². The summed E-state index contributed by atoms with van der Waals surface area (Å²) in [6.07, 6.45) is 0. The van der Waals surface area contributed by atoms with Gasteiger partial charge in [-0.15, -0.1) is 11.8 Å². The van der Waals surface area contributed by atoms with Crippen LogP contribution in [0.4, 0.5) is 5.82 Å². The maximum absolute atomic E-state index is 4.50. The number of anilines is 1. The van der Waals surface area contributed by atoms with Gasteiger partial charge in [0, 0.05) is 17.7 Å². The Morgan fingerprint density at radius 3 is 2.71 bits per heavy atom. The predicted octanol–water partition coefficient (Wildman–Crippen LogP) is 3.72. The highest BCUT2D eigenvalue weighted by Crippen LogP contribution is 2.25. The van der Waals surface area contributed by atoms with E-state index in [2.05, 4.69) is 47.6 Å². The Balaban J connectivity index is 2.05. The molecule has 0 fully saturated rings. The number of pyridine rings is 1. The lowest BCUT2D eigenvalue weighted by Crippen LogP contribution is -1.94. The fraction of sp³-hybridized carbons (Fsp3) is 0.214. The summed E-state index contributed by atoms with van der Waals surface area (Å²) in [5.74, 6) is 1.83. The lowest BCUT2D eigenvalue weighted by atomic mass is 10.2. The summed E-state index contributed by atoms with van der Waals surface area (Å²) >= 11 is 1.83. The molecule has 2 rings (SSSR count). The zero-order chi connectivity index (χ0) is 12.1. The molecule has 0 atom stereocenters. The average Bonchev–Trinajstić information content (AvgIpc) is 2.38. The van der Waals surface area contributed by atoms with Crippen molar-refractivity contribution in [2.24, 2.45) is 0 Å². The molecule has 88 valence electrons. The Morgan fingerprint density at radius 1 is 1.12 bits per heavy atom. The maximum Gasteiger partial charge on any atom is 0.125 e. The third-order valence-corrected chi connectivity index (χ3v) is 3.74. The molecule has 0 aliphatic heterocycles. The topological polar surface area (TPSA) is 24.9 Å². The first-order chi connectivity index (χ1) is 8.29. The smallest absolute Gasteiger partial charge is 0.125 e. The minimum absolute atomic E-state index is 0.903. The molecular formula is C14H16N2S. The van der Waals surface area contributed by atoms with Crippen molar-refractivity contribution in [3.05, 3.63) is 53.7 Å². The highest BCUT2D eigenvalue weighted by Gasteiger charge is 2.00. The number of nitrogens with zero attached hydrogens (tertiary/aromatic N) is 1. The molecule has 1 N–H and O–H groups in total. The van der Waals surface area contributed by atoms with E-state index in [-0.39, 0.29) is 0 Å². The molecule has 2 aromatic rings. The van der Waals surface area contributed by atoms with Gasteiger partial charge in [0.25, 0.3) is 0 Å². The van der Waals surface area contributed by atoms with Crippen molar-refractivity contribution in [3.63, 3.8) is 0 Å². The van der Waals surface area contributed by atoms with Crippen LogP contribution >= 0.6 is 11.8 Å². The third kappa shape index (κ3) is 3.24. The standard InChI is InChI=1S/C14H16N2S/c1-11-6-3-4-8-13(11)17-10-12-7-5-9-14(15-2)16-12/h3-9H,10H2,1-2H3,(H,15,16). The number of hydrogen-bond acceptors (Lipinski definition) is 3. The van der Waals surface area contributed by atoms with Gasteiger partial charge in [-0.3, -0.25) is 0 Å². The van der Waals surface area contributed by atoms with Crippen LogP contribution in [-0.4, -0.2) is 12.0 Å². The van der Waals surface area contributed by atoms with Crippen LogP contribution in [0.1, 0.15) is 11.3 Å². The molecule has 0 saturated heterocycles. The average molecular weight is 244 g/mol. The molecule has 0 saturated carbocycles. The quantitative estimate of drug-likeness (QED) is 0.830. The fourth-order valence-electron chi connectivity index (χ4n) is 1.57. The summed E-state index contributed by atoms with van der Waals surface area (Å²) in [5.41, 5.74) is 2.42. The number of aromatic nitrogens is 1. The highest BCUT2D eigenvalue weighted by molar-refractivity contribution is 7.98. The molecule has 0 aliphatic carbocycles. The molecule has 3 heteroatoms. The summed E-state index contributed by atoms with van der Waals surface area (Å²) in [5, 5.41) is 3.06. The Hall–Kier alpha value is -1.48. The van der Waals surface area contributed by atoms with E-state index in [1.165, 1.54) is 10.5 Å². The van der Waals surface area contributed by atoms with E-state index in [0.717, 1.165) is 17.3 Å². The molecule has 0 radical (unpaired) electrons. The van der Waals surface area contributed by atoms with Gasteiger partial charge in [0.05, 0.1) is 5.69 Å². The van der Waals surface area contributed by atoms with E-state index in [9.17, 15) is 0 Å². The maximum atomic E-state index is 4.50. The largest absolute Gasteiger partial charge is 0.373 e. The van der Waals surface area contributed by atoms with Crippen molar-refractivity contribution in [2.75, 3.05) is 12.4 Å². The first-order valence-corrected chi connectivity index (χ1v) is 6.60. The van der Waals surface area contributed by atoms with E-state index in [4.69, 9.17) is 0 Å². The second kappa shape index (κ2) is 5.73. The SMILES string of the molecule is CNc1cccc(CSc2ccccc2C)n1. The van der Waals surface area contributed by atoms with Gasteiger partial charge in [-0.2, -0.15) is 0 Å². The summed E-state index contributed by atoms with van der Waals surface area (Å²) in [6.45, 7) is 2.14. The Bertz CT molecular complexity index is 497. The van der Waals surface area contributed by atoms with Crippen molar-refractivity contribution in [1.29, 1.82) is 0 Å². The number of benzene rings is 1. The van der Waals surface area contributed by atoms with Crippen molar-refractivity contribution in [2.45, 2.75) is 17.6 Å². The van der Waals surface area contributed by atoms with Crippen molar-refractivity contribution < 1.29 is 0 Å². The lowest BCUT2D eigenvalue weighted by Gasteiger charge is -2.06. The predicted molar refractivity (Wildman–Crippen MR) is 74.5 cm³/mol. The molecule has 0 unspecified atom stereocenters. The molecule has 0 aliphatic rings. The van der Waals surface area contributed by atoms with E-state index >= 15 is 0 Å². The monoisotopic (exact) mass is 244 g/mol. The molecule has 1 heterocycles. The summed E-state index contributed by atoms with van der Waals surface area (Å²) in [4.78, 5) is 5.83. The first-order valence-electron chi connectivity index (χ1n) is 5.61. The van der Waals surface area contributed by atoms with Gasteiger partial charge in [-0.1, -0.05) is 24.3 Å². The van der Waals surface area contributed by atoms with Crippen molar-refractivity contribution in [1.82, 2.24) is 4.98 Å². The van der Waals surface area contributed by atoms with Crippen LogP contribution in [0.25, 0.3) is 0 Å². The minimum Gasteiger partial charge on any atom is -0.373 e. The zero-order valence-corrected chi connectivity index (χ0v) is 10.9. The van der Waals surface area contributed by atoms with Gasteiger partial charge in [-0.05, 0) is 30.7 Å². The van der Waals surface area contributed by atoms with Crippen LogP contribution in [0.15, 0.2) is 47.4 Å². The lowest BCUT2D eigenvalue weighted by molar-refractivity contribution is 1.16. The first kappa shape index (κ1) is 12.0. The van der Waals surface area contributed by atoms with Gasteiger partial charge in [0.2, 0.25) is 0 Å². The Kier molecular flexibility index (Phi) is 4.04. The van der Waals surface area contributed by atoms with Crippen LogP contribution in [0, 0.1) is 6.92 Å². The van der Waals surface area contributed by atoms with Gasteiger partial charge in [0.15, 0.2) is 0 Å². The molecule has 2 nitrogen and oxygen atoms in total. The molecule has 0 spiro atoms. The van der Waals surface area contributed by atoms with Crippen LogP contribution in [0.2, 0.25) is 0 Å². The summed E-state index contributed by atoms with van der Waals surface area (Å²) in [6, 6.07) is 14.5. The highest BCUT2D eigenvalue weighted by atomic mass is 32.2. The minimum atomic E-state index is 0.903. The number of rotatable bonds is 4. The van der Waals surface area contributed by atoms with Crippen molar-refractivity contribution >= 4 is 17.6 Å². The molecule has 0 amide bonds. The van der Waals surface area contributed by atoms with Crippen LogP contribution in [0.5, 0.6) is 0 Å². The number of nitrogens with one attached hydrogen (secondary N) is 1. The Labute approximate surface area is 106 Å².